The highest BCUT2D eigenvalue weighted by atomic mass is 32.1. The molecule has 0 atom stereocenters. The number of rotatable bonds is 2. The van der Waals surface area contributed by atoms with Crippen LogP contribution in [0.4, 0.5) is 9.52 Å². The first kappa shape index (κ1) is 10.8. The van der Waals surface area contributed by atoms with Crippen LogP contribution in [0.25, 0.3) is 23.1 Å². The molecule has 90 valence electrons. The van der Waals surface area contributed by atoms with E-state index in [1.165, 1.54) is 23.5 Å². The minimum absolute atomic E-state index is 0.254. The van der Waals surface area contributed by atoms with Crippen LogP contribution in [-0.2, 0) is 0 Å². The Morgan fingerprint density at radius 2 is 2.11 bits per heavy atom. The van der Waals surface area contributed by atoms with Gasteiger partial charge in [0.05, 0.1) is 6.20 Å². The maximum atomic E-state index is 12.7. The fourth-order valence-electron chi connectivity index (χ4n) is 1.33. The minimum Gasteiger partial charge on any atom is -0.375 e. The van der Waals surface area contributed by atoms with Crippen LogP contribution >= 0.6 is 11.3 Å². The smallest absolute Gasteiger partial charge is 0.277 e. The van der Waals surface area contributed by atoms with Crippen LogP contribution in [0.2, 0.25) is 0 Å². The largest absolute Gasteiger partial charge is 0.375 e. The third kappa shape index (κ3) is 1.93. The molecule has 0 saturated carbocycles. The van der Waals surface area contributed by atoms with Crippen LogP contribution in [-0.4, -0.2) is 20.1 Å². The Morgan fingerprint density at radius 1 is 1.22 bits per heavy atom. The highest BCUT2D eigenvalue weighted by Gasteiger charge is 2.13. The molecule has 0 bridgehead atoms. The summed E-state index contributed by atoms with van der Waals surface area (Å²) in [5.74, 6) is 0.107. The Hall–Kier alpha value is -2.35. The highest BCUT2D eigenvalue weighted by molar-refractivity contribution is 7.13. The number of hydrogen-bond acceptors (Lipinski definition) is 7. The van der Waals surface area contributed by atoms with E-state index in [0.717, 1.165) is 6.20 Å². The standard InChI is InChI=1S/C10H6FN5OS/c11-5-1-2-6(13-3-5)8-15-9(17-16-8)7-4-18-10(12)14-7/h1-4H,(H2,12,14). The zero-order chi connectivity index (χ0) is 12.5. The van der Waals surface area contributed by atoms with Gasteiger partial charge in [-0.25, -0.2) is 14.4 Å². The fourth-order valence-corrected chi connectivity index (χ4v) is 1.86. The van der Waals surface area contributed by atoms with Crippen molar-refractivity contribution in [3.05, 3.63) is 29.5 Å². The van der Waals surface area contributed by atoms with Crippen LogP contribution in [0, 0.1) is 5.82 Å². The molecule has 3 heterocycles. The molecule has 0 aliphatic carbocycles. The number of thiazole rings is 1. The maximum absolute atomic E-state index is 12.7. The summed E-state index contributed by atoms with van der Waals surface area (Å²) in [5.41, 5.74) is 6.45. The van der Waals surface area contributed by atoms with Gasteiger partial charge in [0.15, 0.2) is 5.13 Å². The van der Waals surface area contributed by atoms with E-state index in [2.05, 4.69) is 20.1 Å². The summed E-state index contributed by atoms with van der Waals surface area (Å²) in [6.07, 6.45) is 1.09. The maximum Gasteiger partial charge on any atom is 0.277 e. The Kier molecular flexibility index (Phi) is 2.49. The van der Waals surface area contributed by atoms with E-state index >= 15 is 0 Å². The van der Waals surface area contributed by atoms with Gasteiger partial charge in [-0.1, -0.05) is 5.16 Å². The number of pyridine rings is 1. The van der Waals surface area contributed by atoms with Crippen molar-refractivity contribution in [2.24, 2.45) is 0 Å². The van der Waals surface area contributed by atoms with Gasteiger partial charge in [-0.3, -0.25) is 0 Å². The normalized spacial score (nSPS) is 10.7. The average Bonchev–Trinajstić information content (AvgIpc) is 2.98. The molecule has 0 aliphatic heterocycles. The Balaban J connectivity index is 1.96. The topological polar surface area (TPSA) is 90.7 Å². The van der Waals surface area contributed by atoms with Crippen LogP contribution in [0.3, 0.4) is 0 Å². The summed E-state index contributed by atoms with van der Waals surface area (Å²) in [7, 11) is 0. The molecular formula is C10H6FN5OS. The van der Waals surface area contributed by atoms with E-state index in [1.54, 1.807) is 5.38 Å². The first-order valence-electron chi connectivity index (χ1n) is 4.89. The number of aromatic nitrogens is 4. The van der Waals surface area contributed by atoms with Gasteiger partial charge >= 0.3 is 0 Å². The van der Waals surface area contributed by atoms with E-state index in [4.69, 9.17) is 10.3 Å². The molecule has 0 aliphatic rings. The number of nitrogens with two attached hydrogens (primary N) is 1. The van der Waals surface area contributed by atoms with Crippen molar-refractivity contribution in [2.75, 3.05) is 5.73 Å². The molecule has 18 heavy (non-hydrogen) atoms. The summed E-state index contributed by atoms with van der Waals surface area (Å²) in [6.45, 7) is 0. The second kappa shape index (κ2) is 4.15. The molecule has 0 aromatic carbocycles. The lowest BCUT2D eigenvalue weighted by Crippen LogP contribution is -1.87. The molecule has 3 rings (SSSR count). The van der Waals surface area contributed by atoms with Gasteiger partial charge in [0.2, 0.25) is 5.82 Å². The summed E-state index contributed by atoms with van der Waals surface area (Å²) in [5, 5.41) is 5.89. The van der Waals surface area contributed by atoms with Crippen LogP contribution in [0.5, 0.6) is 0 Å². The van der Waals surface area contributed by atoms with Crippen molar-refractivity contribution < 1.29 is 8.91 Å². The van der Waals surface area contributed by atoms with Gasteiger partial charge in [-0.2, -0.15) is 4.98 Å². The van der Waals surface area contributed by atoms with Crippen molar-refractivity contribution in [1.29, 1.82) is 0 Å². The Morgan fingerprint density at radius 3 is 2.78 bits per heavy atom. The van der Waals surface area contributed by atoms with Gasteiger partial charge in [-0.15, -0.1) is 11.3 Å². The molecule has 2 N–H and O–H groups in total. The van der Waals surface area contributed by atoms with Crippen molar-refractivity contribution in [1.82, 2.24) is 20.1 Å². The number of nitrogen functional groups attached to an aromatic ring is 1. The fraction of sp³-hybridized carbons (Fsp3) is 0. The third-order valence-corrected chi connectivity index (χ3v) is 2.80. The van der Waals surface area contributed by atoms with Crippen LogP contribution < -0.4 is 5.73 Å². The van der Waals surface area contributed by atoms with Gasteiger partial charge in [-0.05, 0) is 12.1 Å². The zero-order valence-corrected chi connectivity index (χ0v) is 9.69. The molecule has 6 nitrogen and oxygen atoms in total. The van der Waals surface area contributed by atoms with E-state index in [0.29, 0.717) is 16.5 Å². The monoisotopic (exact) mass is 263 g/mol. The SMILES string of the molecule is Nc1nc(-c2nc(-c3ccc(F)cn3)no2)cs1. The summed E-state index contributed by atoms with van der Waals surface area (Å²) < 4.78 is 17.8. The van der Waals surface area contributed by atoms with Crippen molar-refractivity contribution in [3.8, 4) is 23.1 Å². The van der Waals surface area contributed by atoms with Gasteiger partial charge in [0.1, 0.15) is 17.2 Å². The van der Waals surface area contributed by atoms with Gasteiger partial charge in [0.25, 0.3) is 5.89 Å². The van der Waals surface area contributed by atoms with E-state index < -0.39 is 5.82 Å². The molecule has 3 aromatic rings. The average molecular weight is 263 g/mol. The first-order chi connectivity index (χ1) is 8.72. The molecule has 0 spiro atoms. The lowest BCUT2D eigenvalue weighted by Gasteiger charge is -1.91. The number of anilines is 1. The summed E-state index contributed by atoms with van der Waals surface area (Å²) >= 11 is 1.28. The molecule has 0 unspecified atom stereocenters. The summed E-state index contributed by atoms with van der Waals surface area (Å²) in [6, 6.07) is 2.75. The number of halogens is 1. The molecule has 0 fully saturated rings. The molecule has 0 radical (unpaired) electrons. The molecule has 8 heteroatoms. The lowest BCUT2D eigenvalue weighted by atomic mass is 10.3. The van der Waals surface area contributed by atoms with Gasteiger partial charge < -0.3 is 10.3 Å². The Bertz CT molecular complexity index is 678. The quantitative estimate of drug-likeness (QED) is 0.760. The lowest BCUT2D eigenvalue weighted by molar-refractivity contribution is 0.431. The third-order valence-electron chi connectivity index (χ3n) is 2.12. The van der Waals surface area contributed by atoms with E-state index in [-0.39, 0.29) is 11.7 Å². The molecule has 3 aromatic heterocycles. The predicted octanol–water partition coefficient (Wildman–Crippen LogP) is 1.98. The van der Waals surface area contributed by atoms with Crippen LogP contribution in [0.15, 0.2) is 28.2 Å². The van der Waals surface area contributed by atoms with Crippen molar-refractivity contribution in [2.45, 2.75) is 0 Å². The summed E-state index contributed by atoms with van der Waals surface area (Å²) in [4.78, 5) is 12.0. The number of hydrogen-bond donors (Lipinski definition) is 1. The zero-order valence-electron chi connectivity index (χ0n) is 8.87. The minimum atomic E-state index is -0.422. The predicted molar refractivity (Wildman–Crippen MR) is 63.0 cm³/mol. The second-order valence-electron chi connectivity index (χ2n) is 3.36. The van der Waals surface area contributed by atoms with Crippen LogP contribution in [0.1, 0.15) is 0 Å². The second-order valence-corrected chi connectivity index (χ2v) is 4.25. The first-order valence-corrected chi connectivity index (χ1v) is 5.77. The highest BCUT2D eigenvalue weighted by Crippen LogP contribution is 2.23. The van der Waals surface area contributed by atoms with Crippen molar-refractivity contribution >= 4 is 16.5 Å². The molecule has 0 saturated heterocycles. The van der Waals surface area contributed by atoms with E-state index in [9.17, 15) is 4.39 Å². The number of nitrogens with zero attached hydrogens (tertiary/aromatic N) is 4. The van der Waals surface area contributed by atoms with E-state index in [1.807, 2.05) is 0 Å². The molecular weight excluding hydrogens is 257 g/mol. The van der Waals surface area contributed by atoms with Crippen molar-refractivity contribution in [3.63, 3.8) is 0 Å². The Labute approximate surface area is 104 Å². The molecule has 0 amide bonds. The van der Waals surface area contributed by atoms with Gasteiger partial charge in [0, 0.05) is 5.38 Å².